The lowest BCUT2D eigenvalue weighted by molar-refractivity contribution is 0.0599. The number of piperidine rings is 1. The SMILES string of the molecule is COC(=O)c1c(C)[nH]c(C(=O)N2CCC(NC(=O)c3occc3C)CC2)c1C. The van der Waals surface area contributed by atoms with E-state index in [-0.39, 0.29) is 17.9 Å². The number of aryl methyl sites for hydroxylation is 2. The van der Waals surface area contributed by atoms with Crippen LogP contribution in [0.5, 0.6) is 0 Å². The predicted molar refractivity (Wildman–Crippen MR) is 101 cm³/mol. The lowest BCUT2D eigenvalue weighted by atomic mass is 10.0. The lowest BCUT2D eigenvalue weighted by Gasteiger charge is -2.32. The van der Waals surface area contributed by atoms with Crippen LogP contribution in [0.4, 0.5) is 0 Å². The molecule has 0 atom stereocenters. The summed E-state index contributed by atoms with van der Waals surface area (Å²) < 4.78 is 10.0. The number of rotatable bonds is 4. The first kappa shape index (κ1) is 19.7. The van der Waals surface area contributed by atoms with Gasteiger partial charge in [0.25, 0.3) is 11.8 Å². The maximum absolute atomic E-state index is 12.9. The van der Waals surface area contributed by atoms with E-state index >= 15 is 0 Å². The van der Waals surface area contributed by atoms with E-state index in [9.17, 15) is 14.4 Å². The summed E-state index contributed by atoms with van der Waals surface area (Å²) in [5.41, 5.74) is 2.82. The van der Waals surface area contributed by atoms with Crippen LogP contribution in [0.25, 0.3) is 0 Å². The molecular weight excluding hydrogens is 362 g/mol. The van der Waals surface area contributed by atoms with Crippen LogP contribution in [0.15, 0.2) is 16.7 Å². The van der Waals surface area contributed by atoms with Crippen LogP contribution in [0, 0.1) is 20.8 Å². The van der Waals surface area contributed by atoms with Crippen LogP contribution in [-0.2, 0) is 4.74 Å². The Morgan fingerprint density at radius 1 is 1.21 bits per heavy atom. The minimum atomic E-state index is -0.458. The van der Waals surface area contributed by atoms with E-state index in [1.165, 1.54) is 13.4 Å². The van der Waals surface area contributed by atoms with E-state index in [2.05, 4.69) is 10.3 Å². The molecule has 2 N–H and O–H groups in total. The normalized spacial score (nSPS) is 14.8. The third-order valence-electron chi connectivity index (χ3n) is 5.23. The second-order valence-corrected chi connectivity index (χ2v) is 7.09. The van der Waals surface area contributed by atoms with Gasteiger partial charge in [0.05, 0.1) is 18.9 Å². The van der Waals surface area contributed by atoms with Crippen LogP contribution in [0.3, 0.4) is 0 Å². The molecule has 2 amide bonds. The molecule has 0 radical (unpaired) electrons. The molecule has 0 saturated carbocycles. The molecule has 28 heavy (non-hydrogen) atoms. The highest BCUT2D eigenvalue weighted by atomic mass is 16.5. The van der Waals surface area contributed by atoms with E-state index in [1.807, 2.05) is 6.92 Å². The monoisotopic (exact) mass is 387 g/mol. The Kier molecular flexibility index (Phi) is 5.58. The van der Waals surface area contributed by atoms with Gasteiger partial charge in [0.2, 0.25) is 0 Å². The minimum absolute atomic E-state index is 0.0156. The van der Waals surface area contributed by atoms with Gasteiger partial charge in [-0.2, -0.15) is 0 Å². The smallest absolute Gasteiger partial charge is 0.339 e. The molecule has 2 aromatic rings. The number of nitrogens with zero attached hydrogens (tertiary/aromatic N) is 1. The molecule has 0 aliphatic carbocycles. The fourth-order valence-electron chi connectivity index (χ4n) is 3.61. The molecule has 0 spiro atoms. The summed E-state index contributed by atoms with van der Waals surface area (Å²) >= 11 is 0. The van der Waals surface area contributed by atoms with Gasteiger partial charge in [0, 0.05) is 30.4 Å². The number of hydrogen-bond donors (Lipinski definition) is 2. The van der Waals surface area contributed by atoms with Gasteiger partial charge in [0.1, 0.15) is 5.69 Å². The Morgan fingerprint density at radius 2 is 1.89 bits per heavy atom. The van der Waals surface area contributed by atoms with Gasteiger partial charge in [0.15, 0.2) is 5.76 Å². The minimum Gasteiger partial charge on any atom is -0.465 e. The molecule has 0 aromatic carbocycles. The standard InChI is InChI=1S/C20H25N3O5/c1-11-7-10-28-17(11)18(24)22-14-5-8-23(9-6-14)19(25)16-12(2)15(13(3)21-16)20(26)27-4/h7,10,14,21H,5-6,8-9H2,1-4H3,(H,22,24). The zero-order valence-corrected chi connectivity index (χ0v) is 16.5. The van der Waals surface area contributed by atoms with Gasteiger partial charge in [-0.1, -0.05) is 0 Å². The highest BCUT2D eigenvalue weighted by Gasteiger charge is 2.29. The Bertz CT molecular complexity index is 903. The number of likely N-dealkylation sites (tertiary alicyclic amines) is 1. The van der Waals surface area contributed by atoms with Gasteiger partial charge >= 0.3 is 5.97 Å². The van der Waals surface area contributed by atoms with Crippen molar-refractivity contribution in [1.82, 2.24) is 15.2 Å². The van der Waals surface area contributed by atoms with E-state index in [0.29, 0.717) is 54.2 Å². The van der Waals surface area contributed by atoms with Crippen molar-refractivity contribution in [3.8, 4) is 0 Å². The van der Waals surface area contributed by atoms with E-state index < -0.39 is 5.97 Å². The molecule has 0 unspecified atom stereocenters. The van der Waals surface area contributed by atoms with Crippen molar-refractivity contribution in [2.45, 2.75) is 39.7 Å². The average Bonchev–Trinajstić information content (AvgIpc) is 3.24. The maximum atomic E-state index is 12.9. The van der Waals surface area contributed by atoms with Gasteiger partial charge < -0.3 is 24.4 Å². The van der Waals surface area contributed by atoms with E-state index in [1.54, 1.807) is 24.8 Å². The third-order valence-corrected chi connectivity index (χ3v) is 5.23. The molecule has 0 bridgehead atoms. The molecule has 1 fully saturated rings. The van der Waals surface area contributed by atoms with E-state index in [0.717, 1.165) is 5.56 Å². The Balaban J connectivity index is 1.62. The molecule has 3 rings (SSSR count). The molecule has 8 heteroatoms. The fourth-order valence-corrected chi connectivity index (χ4v) is 3.61. The summed E-state index contributed by atoms with van der Waals surface area (Å²) in [6, 6.07) is 1.73. The van der Waals surface area contributed by atoms with Gasteiger partial charge in [-0.3, -0.25) is 9.59 Å². The van der Waals surface area contributed by atoms with Crippen LogP contribution >= 0.6 is 0 Å². The number of aromatic nitrogens is 1. The summed E-state index contributed by atoms with van der Waals surface area (Å²) in [7, 11) is 1.32. The molecule has 2 aromatic heterocycles. The number of carbonyl (C=O) groups is 3. The highest BCUT2D eigenvalue weighted by molar-refractivity contribution is 6.00. The van der Waals surface area contributed by atoms with Gasteiger partial charge in [-0.15, -0.1) is 0 Å². The van der Waals surface area contributed by atoms with Crippen LogP contribution in [0.2, 0.25) is 0 Å². The van der Waals surface area contributed by atoms with Crippen LogP contribution in [-0.4, -0.2) is 53.9 Å². The summed E-state index contributed by atoms with van der Waals surface area (Å²) in [5.74, 6) is -0.514. The summed E-state index contributed by atoms with van der Waals surface area (Å²) in [5, 5.41) is 2.97. The molecule has 1 aliphatic heterocycles. The van der Waals surface area contributed by atoms with Crippen molar-refractivity contribution in [2.75, 3.05) is 20.2 Å². The number of furan rings is 1. The number of methoxy groups -OCH3 is 1. The van der Waals surface area contributed by atoms with Crippen molar-refractivity contribution in [2.24, 2.45) is 0 Å². The third kappa shape index (κ3) is 3.67. The molecule has 8 nitrogen and oxygen atoms in total. The highest BCUT2D eigenvalue weighted by Crippen LogP contribution is 2.22. The Hall–Kier alpha value is -3.03. The van der Waals surface area contributed by atoms with E-state index in [4.69, 9.17) is 9.15 Å². The molecule has 150 valence electrons. The van der Waals surface area contributed by atoms with Crippen molar-refractivity contribution >= 4 is 17.8 Å². The number of H-pyrrole nitrogens is 1. The first-order chi connectivity index (χ1) is 13.3. The second-order valence-electron chi connectivity index (χ2n) is 7.09. The van der Waals surface area contributed by atoms with Crippen molar-refractivity contribution in [3.63, 3.8) is 0 Å². The number of aromatic amines is 1. The predicted octanol–water partition coefficient (Wildman–Crippen LogP) is 2.35. The van der Waals surface area contributed by atoms with Crippen LogP contribution < -0.4 is 5.32 Å². The summed E-state index contributed by atoms with van der Waals surface area (Å²) in [4.78, 5) is 41.8. The second kappa shape index (κ2) is 7.92. The van der Waals surface area contributed by atoms with Gasteiger partial charge in [-0.25, -0.2) is 4.79 Å². The average molecular weight is 387 g/mol. The quantitative estimate of drug-likeness (QED) is 0.784. The largest absolute Gasteiger partial charge is 0.465 e. The molecule has 3 heterocycles. The molecule has 1 saturated heterocycles. The van der Waals surface area contributed by atoms with Crippen molar-refractivity contribution < 1.29 is 23.5 Å². The first-order valence-electron chi connectivity index (χ1n) is 9.25. The summed E-state index contributed by atoms with van der Waals surface area (Å²) in [6.45, 7) is 6.34. The zero-order chi connectivity index (χ0) is 20.4. The Morgan fingerprint density at radius 3 is 2.46 bits per heavy atom. The number of amides is 2. The van der Waals surface area contributed by atoms with Gasteiger partial charge in [-0.05, 0) is 45.2 Å². The summed E-state index contributed by atoms with van der Waals surface area (Å²) in [6.07, 6.45) is 2.80. The first-order valence-corrected chi connectivity index (χ1v) is 9.25. The molecule has 1 aliphatic rings. The number of carbonyl (C=O) groups excluding carboxylic acids is 3. The molecular formula is C20H25N3O5. The number of nitrogens with one attached hydrogen (secondary N) is 2. The number of hydrogen-bond acceptors (Lipinski definition) is 5. The number of esters is 1. The zero-order valence-electron chi connectivity index (χ0n) is 16.5. The number of ether oxygens (including phenoxy) is 1. The van der Waals surface area contributed by atoms with Crippen molar-refractivity contribution in [1.29, 1.82) is 0 Å². The Labute approximate surface area is 163 Å². The maximum Gasteiger partial charge on any atom is 0.339 e. The lowest BCUT2D eigenvalue weighted by Crippen LogP contribution is -2.46. The topological polar surface area (TPSA) is 105 Å². The fraction of sp³-hybridized carbons (Fsp3) is 0.450. The van der Waals surface area contributed by atoms with Crippen molar-refractivity contribution in [3.05, 3.63) is 46.2 Å². The van der Waals surface area contributed by atoms with Crippen LogP contribution in [0.1, 0.15) is 61.1 Å².